The molecule has 1 atom stereocenters. The lowest BCUT2D eigenvalue weighted by molar-refractivity contribution is 0.126. The molecule has 31 heavy (non-hydrogen) atoms. The van der Waals surface area contributed by atoms with Crippen molar-refractivity contribution >= 4 is 28.7 Å². The van der Waals surface area contributed by atoms with Gasteiger partial charge in [0.15, 0.2) is 5.65 Å². The van der Waals surface area contributed by atoms with Crippen LogP contribution in [0.15, 0.2) is 24.4 Å². The fourth-order valence-corrected chi connectivity index (χ4v) is 4.25. The van der Waals surface area contributed by atoms with Gasteiger partial charge in [-0.25, -0.2) is 18.7 Å². The lowest BCUT2D eigenvalue weighted by Crippen LogP contribution is -2.29. The number of fused-ring (bicyclic) bond motifs is 1. The van der Waals surface area contributed by atoms with E-state index in [-0.39, 0.29) is 23.9 Å². The van der Waals surface area contributed by atoms with E-state index in [1.807, 2.05) is 4.57 Å². The average molecular weight is 430 g/mol. The summed E-state index contributed by atoms with van der Waals surface area (Å²) in [6.45, 7) is 1.06. The van der Waals surface area contributed by atoms with Crippen molar-refractivity contribution in [3.63, 3.8) is 0 Å². The van der Waals surface area contributed by atoms with E-state index in [4.69, 9.17) is 4.74 Å². The van der Waals surface area contributed by atoms with Gasteiger partial charge in [-0.05, 0) is 44.2 Å². The van der Waals surface area contributed by atoms with Crippen molar-refractivity contribution < 1.29 is 18.6 Å². The van der Waals surface area contributed by atoms with Gasteiger partial charge in [0.25, 0.3) is 0 Å². The number of imidazole rings is 1. The summed E-state index contributed by atoms with van der Waals surface area (Å²) in [4.78, 5) is 13.6. The van der Waals surface area contributed by atoms with Crippen molar-refractivity contribution in [3.8, 4) is 0 Å². The molecular weight excluding hydrogens is 406 g/mol. The van der Waals surface area contributed by atoms with E-state index in [1.54, 1.807) is 6.20 Å². The second-order valence-corrected chi connectivity index (χ2v) is 8.10. The molecule has 2 aromatic heterocycles. The molecule has 10 heteroatoms. The van der Waals surface area contributed by atoms with Crippen molar-refractivity contribution in [1.29, 1.82) is 0 Å². The summed E-state index contributed by atoms with van der Waals surface area (Å²) in [5.41, 5.74) is 0.837. The molecule has 0 radical (unpaired) electrons. The van der Waals surface area contributed by atoms with Crippen molar-refractivity contribution in [2.75, 3.05) is 23.8 Å². The number of aliphatic hydroxyl groups is 1. The molecule has 1 saturated carbocycles. The van der Waals surface area contributed by atoms with E-state index in [0.717, 1.165) is 32.1 Å². The maximum Gasteiger partial charge on any atom is 0.224 e. The average Bonchev–Trinajstić information content (AvgIpc) is 3.39. The summed E-state index contributed by atoms with van der Waals surface area (Å²) in [5.74, 6) is -0.636. The summed E-state index contributed by atoms with van der Waals surface area (Å²) in [6, 6.07) is 3.84. The van der Waals surface area contributed by atoms with Gasteiger partial charge in [0, 0.05) is 12.6 Å². The predicted octanol–water partition coefficient (Wildman–Crippen LogP) is 3.52. The number of para-hydroxylation sites is 1. The maximum absolute atomic E-state index is 14.2. The Morgan fingerprint density at radius 3 is 2.55 bits per heavy atom. The molecule has 0 unspecified atom stereocenters. The monoisotopic (exact) mass is 430 g/mol. The smallest absolute Gasteiger partial charge is 0.224 e. The Morgan fingerprint density at radius 1 is 1.06 bits per heavy atom. The fraction of sp³-hybridized carbons (Fsp3) is 0.476. The molecule has 0 bridgehead atoms. The Bertz CT molecular complexity index is 1060. The molecule has 1 aliphatic carbocycles. The molecule has 0 spiro atoms. The Hall–Kier alpha value is -2.85. The van der Waals surface area contributed by atoms with Crippen LogP contribution >= 0.6 is 0 Å². The van der Waals surface area contributed by atoms with Crippen LogP contribution in [0.2, 0.25) is 0 Å². The zero-order valence-corrected chi connectivity index (χ0v) is 16.9. The van der Waals surface area contributed by atoms with Crippen molar-refractivity contribution in [1.82, 2.24) is 19.5 Å². The van der Waals surface area contributed by atoms with Crippen LogP contribution in [0, 0.1) is 11.6 Å². The first kappa shape index (κ1) is 20.1. The van der Waals surface area contributed by atoms with Crippen LogP contribution in [0.25, 0.3) is 11.2 Å². The van der Waals surface area contributed by atoms with Crippen LogP contribution in [0.1, 0.15) is 38.1 Å². The molecule has 3 N–H and O–H groups in total. The highest BCUT2D eigenvalue weighted by Crippen LogP contribution is 2.32. The van der Waals surface area contributed by atoms with E-state index in [2.05, 4.69) is 25.6 Å². The van der Waals surface area contributed by atoms with Gasteiger partial charge >= 0.3 is 0 Å². The molecule has 3 heterocycles. The number of nitrogens with zero attached hydrogens (tertiary/aromatic N) is 4. The van der Waals surface area contributed by atoms with E-state index >= 15 is 0 Å². The molecule has 1 aliphatic heterocycles. The number of aliphatic hydroxyl groups excluding tert-OH is 1. The lowest BCUT2D eigenvalue weighted by Gasteiger charge is -2.26. The normalized spacial score (nSPS) is 23.9. The minimum Gasteiger partial charge on any atom is -0.393 e. The summed E-state index contributed by atoms with van der Waals surface area (Å²) < 4.78 is 35.8. The van der Waals surface area contributed by atoms with Crippen LogP contribution in [0.4, 0.5) is 26.4 Å². The quantitative estimate of drug-likeness (QED) is 0.570. The third-order valence-corrected chi connectivity index (χ3v) is 5.93. The van der Waals surface area contributed by atoms with Gasteiger partial charge in [0.05, 0.1) is 24.9 Å². The predicted molar refractivity (Wildman–Crippen MR) is 111 cm³/mol. The van der Waals surface area contributed by atoms with Crippen LogP contribution in [-0.2, 0) is 4.74 Å². The topological polar surface area (TPSA) is 97.1 Å². The Labute approximate surface area is 177 Å². The second-order valence-electron chi connectivity index (χ2n) is 8.10. The zero-order valence-electron chi connectivity index (χ0n) is 16.9. The number of ether oxygens (including phenoxy) is 1. The molecule has 164 valence electrons. The third-order valence-electron chi connectivity index (χ3n) is 5.93. The molecule has 1 saturated heterocycles. The van der Waals surface area contributed by atoms with Gasteiger partial charge in [-0.2, -0.15) is 4.98 Å². The summed E-state index contributed by atoms with van der Waals surface area (Å²) in [5, 5.41) is 15.9. The van der Waals surface area contributed by atoms with Gasteiger partial charge < -0.3 is 20.5 Å². The first-order chi connectivity index (χ1) is 15.1. The molecule has 3 aromatic rings. The van der Waals surface area contributed by atoms with Gasteiger partial charge in [0.2, 0.25) is 11.9 Å². The number of aromatic nitrogens is 4. The van der Waals surface area contributed by atoms with Crippen LogP contribution in [0.5, 0.6) is 0 Å². The number of hydrogen-bond donors (Lipinski definition) is 3. The number of benzene rings is 1. The minimum absolute atomic E-state index is 0.0603. The fourth-order valence-electron chi connectivity index (χ4n) is 4.25. The third kappa shape index (κ3) is 4.05. The maximum atomic E-state index is 14.2. The molecule has 2 aliphatic rings. The van der Waals surface area contributed by atoms with Gasteiger partial charge in [-0.1, -0.05) is 6.07 Å². The molecular formula is C21H24F2N6O2. The number of halogens is 2. The number of nitrogens with one attached hydrogen (secondary N) is 2. The summed E-state index contributed by atoms with van der Waals surface area (Å²) in [7, 11) is 0. The highest BCUT2D eigenvalue weighted by atomic mass is 19.1. The van der Waals surface area contributed by atoms with Gasteiger partial charge in [-0.15, -0.1) is 0 Å². The van der Waals surface area contributed by atoms with E-state index in [9.17, 15) is 13.9 Å². The highest BCUT2D eigenvalue weighted by molar-refractivity contribution is 5.76. The molecule has 2 fully saturated rings. The minimum atomic E-state index is -0.700. The summed E-state index contributed by atoms with van der Waals surface area (Å²) >= 11 is 0. The van der Waals surface area contributed by atoms with E-state index in [0.29, 0.717) is 36.3 Å². The number of anilines is 3. The van der Waals surface area contributed by atoms with Crippen molar-refractivity contribution in [3.05, 3.63) is 36.0 Å². The van der Waals surface area contributed by atoms with Crippen molar-refractivity contribution in [2.24, 2.45) is 0 Å². The first-order valence-corrected chi connectivity index (χ1v) is 10.6. The Morgan fingerprint density at radius 2 is 1.84 bits per heavy atom. The highest BCUT2D eigenvalue weighted by Gasteiger charge is 2.26. The zero-order chi connectivity index (χ0) is 21.4. The van der Waals surface area contributed by atoms with E-state index < -0.39 is 11.6 Å². The number of hydrogen-bond acceptors (Lipinski definition) is 7. The van der Waals surface area contributed by atoms with Gasteiger partial charge in [0.1, 0.15) is 22.8 Å². The molecule has 8 nitrogen and oxygen atoms in total. The van der Waals surface area contributed by atoms with Crippen LogP contribution in [0.3, 0.4) is 0 Å². The molecule has 5 rings (SSSR count). The first-order valence-electron chi connectivity index (χ1n) is 10.6. The number of rotatable bonds is 5. The standard InChI is InChI=1S/C21H24F2N6O2/c22-15-2-1-3-16(23)18(15)27-21-26-17-10-24-20(25-12-4-6-14(30)7-5-12)28-19(17)29(21)13-8-9-31-11-13/h1-3,10,12-14,30H,4-9,11H2,(H,26,27)(H,24,25,28)/t12-,13-,14-/m1/s1. The van der Waals surface area contributed by atoms with Crippen LogP contribution in [-0.4, -0.2) is 50.0 Å². The lowest BCUT2D eigenvalue weighted by atomic mass is 9.93. The SMILES string of the molecule is O[C@H]1CC[C@H](Nc2ncc3nc(Nc4c(F)cccc4F)n([C@@H]4CCOC4)c3n2)CC1. The molecule has 1 aromatic carbocycles. The molecule has 0 amide bonds. The second kappa shape index (κ2) is 8.35. The summed E-state index contributed by atoms with van der Waals surface area (Å²) in [6.07, 6.45) is 5.30. The Balaban J connectivity index is 1.50. The van der Waals surface area contributed by atoms with Crippen molar-refractivity contribution in [2.45, 2.75) is 50.3 Å². The van der Waals surface area contributed by atoms with Gasteiger partial charge in [-0.3, -0.25) is 4.57 Å². The largest absolute Gasteiger partial charge is 0.393 e. The van der Waals surface area contributed by atoms with Crippen LogP contribution < -0.4 is 10.6 Å². The Kier molecular flexibility index (Phi) is 5.41. The van der Waals surface area contributed by atoms with E-state index in [1.165, 1.54) is 18.2 Å².